The SMILES string of the molecule is CC1CCN(NC(=O)NC2CCN(c3ccccn3)CC2)C1. The normalized spacial score (nSPS) is 23.5. The van der Waals surface area contributed by atoms with Gasteiger partial charge in [-0.2, -0.15) is 0 Å². The van der Waals surface area contributed by atoms with E-state index >= 15 is 0 Å². The van der Waals surface area contributed by atoms with E-state index in [0.717, 1.165) is 51.3 Å². The fourth-order valence-electron chi connectivity index (χ4n) is 3.19. The second kappa shape index (κ2) is 6.96. The molecule has 1 aromatic rings. The van der Waals surface area contributed by atoms with Crippen molar-refractivity contribution in [3.05, 3.63) is 24.4 Å². The number of urea groups is 1. The molecule has 3 rings (SSSR count). The van der Waals surface area contributed by atoms with Crippen molar-refractivity contribution in [2.24, 2.45) is 5.92 Å². The summed E-state index contributed by atoms with van der Waals surface area (Å²) < 4.78 is 0. The molecule has 1 atom stereocenters. The summed E-state index contributed by atoms with van der Waals surface area (Å²) >= 11 is 0. The number of amides is 2. The zero-order chi connectivity index (χ0) is 15.4. The summed E-state index contributed by atoms with van der Waals surface area (Å²) in [4.78, 5) is 18.7. The summed E-state index contributed by atoms with van der Waals surface area (Å²) in [7, 11) is 0. The maximum absolute atomic E-state index is 12.0. The van der Waals surface area contributed by atoms with Crippen LogP contribution in [0.2, 0.25) is 0 Å². The van der Waals surface area contributed by atoms with E-state index in [2.05, 4.69) is 27.6 Å². The third kappa shape index (κ3) is 3.88. The first-order valence-corrected chi connectivity index (χ1v) is 8.19. The summed E-state index contributed by atoms with van der Waals surface area (Å²) in [6, 6.07) is 6.17. The van der Waals surface area contributed by atoms with Gasteiger partial charge in [-0.3, -0.25) is 5.43 Å². The Labute approximate surface area is 131 Å². The van der Waals surface area contributed by atoms with Crippen LogP contribution >= 0.6 is 0 Å². The minimum Gasteiger partial charge on any atom is -0.356 e. The molecule has 1 unspecified atom stereocenters. The summed E-state index contributed by atoms with van der Waals surface area (Å²) in [6.45, 7) is 5.98. The summed E-state index contributed by atoms with van der Waals surface area (Å²) in [5, 5.41) is 5.11. The number of pyridine rings is 1. The average Bonchev–Trinajstić information content (AvgIpc) is 2.94. The number of nitrogens with zero attached hydrogens (tertiary/aromatic N) is 3. The lowest BCUT2D eigenvalue weighted by molar-refractivity contribution is 0.190. The lowest BCUT2D eigenvalue weighted by atomic mass is 10.1. The van der Waals surface area contributed by atoms with Crippen LogP contribution in [-0.4, -0.2) is 48.2 Å². The Balaban J connectivity index is 1.41. The van der Waals surface area contributed by atoms with Crippen molar-refractivity contribution >= 4 is 11.8 Å². The fourth-order valence-corrected chi connectivity index (χ4v) is 3.19. The molecular formula is C16H25N5O. The van der Waals surface area contributed by atoms with Crippen molar-refractivity contribution in [2.45, 2.75) is 32.2 Å². The van der Waals surface area contributed by atoms with Gasteiger partial charge in [0.2, 0.25) is 0 Å². The lowest BCUT2D eigenvalue weighted by Crippen LogP contribution is -2.52. The van der Waals surface area contributed by atoms with Crippen LogP contribution in [0.3, 0.4) is 0 Å². The molecule has 2 fully saturated rings. The van der Waals surface area contributed by atoms with Crippen LogP contribution in [0.15, 0.2) is 24.4 Å². The first kappa shape index (κ1) is 15.1. The molecule has 2 N–H and O–H groups in total. The number of piperidine rings is 1. The highest BCUT2D eigenvalue weighted by atomic mass is 16.2. The number of nitrogens with one attached hydrogen (secondary N) is 2. The maximum Gasteiger partial charge on any atom is 0.329 e. The van der Waals surface area contributed by atoms with Crippen molar-refractivity contribution in [1.82, 2.24) is 20.7 Å². The molecule has 0 aromatic carbocycles. The lowest BCUT2D eigenvalue weighted by Gasteiger charge is -2.33. The standard InChI is InChI=1S/C16H25N5O/c1-13-5-11-21(12-13)19-16(22)18-14-6-9-20(10-7-14)15-4-2-3-8-17-15/h2-4,8,13-14H,5-7,9-12H2,1H3,(H2,18,19,22). The topological polar surface area (TPSA) is 60.5 Å². The molecule has 0 saturated carbocycles. The Morgan fingerprint density at radius 2 is 2.05 bits per heavy atom. The Morgan fingerprint density at radius 3 is 2.68 bits per heavy atom. The summed E-state index contributed by atoms with van der Waals surface area (Å²) in [6.07, 6.45) is 4.90. The molecule has 2 aliphatic heterocycles. The molecule has 1 aromatic heterocycles. The number of carbonyl (C=O) groups is 1. The molecular weight excluding hydrogens is 278 g/mol. The fraction of sp³-hybridized carbons (Fsp3) is 0.625. The van der Waals surface area contributed by atoms with Gasteiger partial charge in [0.25, 0.3) is 0 Å². The smallest absolute Gasteiger partial charge is 0.329 e. The van der Waals surface area contributed by atoms with E-state index in [1.165, 1.54) is 0 Å². The van der Waals surface area contributed by atoms with Gasteiger partial charge >= 0.3 is 6.03 Å². The Bertz CT molecular complexity index is 487. The van der Waals surface area contributed by atoms with Crippen LogP contribution in [0.1, 0.15) is 26.2 Å². The molecule has 0 aliphatic carbocycles. The van der Waals surface area contributed by atoms with Crippen molar-refractivity contribution in [2.75, 3.05) is 31.1 Å². The molecule has 6 heteroatoms. The molecule has 0 bridgehead atoms. The van der Waals surface area contributed by atoms with E-state index < -0.39 is 0 Å². The Hall–Kier alpha value is -1.82. The highest BCUT2D eigenvalue weighted by Gasteiger charge is 2.24. The zero-order valence-corrected chi connectivity index (χ0v) is 13.2. The van der Waals surface area contributed by atoms with Crippen LogP contribution in [0.5, 0.6) is 0 Å². The van der Waals surface area contributed by atoms with Crippen molar-refractivity contribution in [3.8, 4) is 0 Å². The second-order valence-electron chi connectivity index (χ2n) is 6.37. The highest BCUT2D eigenvalue weighted by molar-refractivity contribution is 5.73. The minimum atomic E-state index is -0.0645. The van der Waals surface area contributed by atoms with Gasteiger partial charge in [-0.05, 0) is 37.3 Å². The molecule has 0 spiro atoms. The molecule has 3 heterocycles. The van der Waals surface area contributed by atoms with Gasteiger partial charge in [0.1, 0.15) is 5.82 Å². The van der Waals surface area contributed by atoms with Crippen molar-refractivity contribution in [1.29, 1.82) is 0 Å². The van der Waals surface area contributed by atoms with E-state index in [-0.39, 0.29) is 12.1 Å². The largest absolute Gasteiger partial charge is 0.356 e. The van der Waals surface area contributed by atoms with Crippen LogP contribution in [0.25, 0.3) is 0 Å². The first-order valence-electron chi connectivity index (χ1n) is 8.19. The third-order valence-corrected chi connectivity index (χ3v) is 4.49. The quantitative estimate of drug-likeness (QED) is 0.890. The van der Waals surface area contributed by atoms with Crippen molar-refractivity contribution in [3.63, 3.8) is 0 Å². The Morgan fingerprint density at radius 1 is 1.23 bits per heavy atom. The third-order valence-electron chi connectivity index (χ3n) is 4.49. The number of anilines is 1. The van der Waals surface area contributed by atoms with Gasteiger partial charge < -0.3 is 10.2 Å². The van der Waals surface area contributed by atoms with Gasteiger partial charge in [0, 0.05) is 38.4 Å². The van der Waals surface area contributed by atoms with Crippen LogP contribution in [0.4, 0.5) is 10.6 Å². The van der Waals surface area contributed by atoms with Gasteiger partial charge in [0.05, 0.1) is 0 Å². The average molecular weight is 303 g/mol. The number of aromatic nitrogens is 1. The molecule has 2 saturated heterocycles. The van der Waals surface area contributed by atoms with E-state index in [1.54, 1.807) is 0 Å². The number of hydrogen-bond donors (Lipinski definition) is 2. The predicted molar refractivity (Wildman–Crippen MR) is 86.5 cm³/mol. The zero-order valence-electron chi connectivity index (χ0n) is 13.2. The minimum absolute atomic E-state index is 0.0645. The van der Waals surface area contributed by atoms with Gasteiger partial charge in [-0.1, -0.05) is 13.0 Å². The number of rotatable bonds is 3. The van der Waals surface area contributed by atoms with E-state index in [1.807, 2.05) is 29.4 Å². The predicted octanol–water partition coefficient (Wildman–Crippen LogP) is 1.61. The van der Waals surface area contributed by atoms with E-state index in [4.69, 9.17) is 0 Å². The van der Waals surface area contributed by atoms with Crippen LogP contribution < -0.4 is 15.6 Å². The van der Waals surface area contributed by atoms with Crippen molar-refractivity contribution < 1.29 is 4.79 Å². The molecule has 120 valence electrons. The van der Waals surface area contributed by atoms with Gasteiger partial charge in [0.15, 0.2) is 0 Å². The van der Waals surface area contributed by atoms with Gasteiger partial charge in [-0.15, -0.1) is 0 Å². The van der Waals surface area contributed by atoms with E-state index in [0.29, 0.717) is 5.92 Å². The van der Waals surface area contributed by atoms with E-state index in [9.17, 15) is 4.79 Å². The van der Waals surface area contributed by atoms with Crippen LogP contribution in [0, 0.1) is 5.92 Å². The number of hydrogen-bond acceptors (Lipinski definition) is 4. The van der Waals surface area contributed by atoms with Crippen LogP contribution in [-0.2, 0) is 0 Å². The molecule has 0 radical (unpaired) electrons. The first-order chi connectivity index (χ1) is 10.7. The highest BCUT2D eigenvalue weighted by Crippen LogP contribution is 2.17. The van der Waals surface area contributed by atoms with Gasteiger partial charge in [-0.25, -0.2) is 14.8 Å². The summed E-state index contributed by atoms with van der Waals surface area (Å²) in [5.74, 6) is 1.69. The number of hydrazine groups is 1. The molecule has 2 aliphatic rings. The molecule has 2 amide bonds. The monoisotopic (exact) mass is 303 g/mol. The number of carbonyl (C=O) groups excluding carboxylic acids is 1. The Kier molecular flexibility index (Phi) is 4.77. The second-order valence-corrected chi connectivity index (χ2v) is 6.37. The summed E-state index contributed by atoms with van der Waals surface area (Å²) in [5.41, 5.74) is 2.96. The molecule has 22 heavy (non-hydrogen) atoms. The maximum atomic E-state index is 12.0. The molecule has 6 nitrogen and oxygen atoms in total.